The Kier molecular flexibility index (Phi) is 5.88. The van der Waals surface area contributed by atoms with Crippen molar-refractivity contribution >= 4 is 27.9 Å². The molecule has 0 amide bonds. The van der Waals surface area contributed by atoms with Gasteiger partial charge in [-0.3, -0.25) is 9.88 Å². The summed E-state index contributed by atoms with van der Waals surface area (Å²) >= 11 is 0. The fraction of sp³-hybridized carbons (Fsp3) is 0.333. The van der Waals surface area contributed by atoms with E-state index in [2.05, 4.69) is 101 Å². The van der Waals surface area contributed by atoms with Gasteiger partial charge in [0.05, 0.1) is 16.9 Å². The lowest BCUT2D eigenvalue weighted by Crippen LogP contribution is -2.51. The predicted octanol–water partition coefficient (Wildman–Crippen LogP) is 5.58. The Labute approximate surface area is 217 Å². The van der Waals surface area contributed by atoms with E-state index < -0.39 is 0 Å². The van der Waals surface area contributed by atoms with Crippen LogP contribution < -0.4 is 4.90 Å². The molecule has 0 aliphatic carbocycles. The molecule has 0 bridgehead atoms. The number of benzene rings is 2. The zero-order chi connectivity index (χ0) is 25.6. The number of fused-ring (bicyclic) bond motifs is 2. The summed E-state index contributed by atoms with van der Waals surface area (Å²) in [6, 6.07) is 19.7. The highest BCUT2D eigenvalue weighted by Gasteiger charge is 2.26. The molecule has 1 aliphatic heterocycles. The molecule has 7 nitrogen and oxygen atoms in total. The number of aromatic nitrogens is 5. The first kappa shape index (κ1) is 23.6. The van der Waals surface area contributed by atoms with Crippen molar-refractivity contribution in [1.82, 2.24) is 29.8 Å². The Morgan fingerprint density at radius 3 is 2.51 bits per heavy atom. The molecule has 6 rings (SSSR count). The van der Waals surface area contributed by atoms with Crippen molar-refractivity contribution in [2.45, 2.75) is 45.7 Å². The van der Waals surface area contributed by atoms with Crippen LogP contribution in [0.25, 0.3) is 33.6 Å². The number of para-hydroxylation sites is 1. The van der Waals surface area contributed by atoms with Gasteiger partial charge in [0.15, 0.2) is 5.65 Å². The van der Waals surface area contributed by atoms with E-state index >= 15 is 0 Å². The summed E-state index contributed by atoms with van der Waals surface area (Å²) in [5.74, 6) is 0.917. The highest BCUT2D eigenvalue weighted by Crippen LogP contribution is 2.31. The molecule has 1 N–H and O–H groups in total. The fourth-order valence-corrected chi connectivity index (χ4v) is 5.18. The third-order valence-corrected chi connectivity index (χ3v) is 7.38. The molecule has 0 unspecified atom stereocenters. The summed E-state index contributed by atoms with van der Waals surface area (Å²) < 4.78 is 0. The highest BCUT2D eigenvalue weighted by atomic mass is 15.3. The van der Waals surface area contributed by atoms with E-state index in [1.807, 2.05) is 6.07 Å². The largest absolute Gasteiger partial charge is 0.367 e. The summed E-state index contributed by atoms with van der Waals surface area (Å²) in [7, 11) is 0. The molecule has 1 fully saturated rings. The van der Waals surface area contributed by atoms with E-state index in [1.165, 1.54) is 11.3 Å². The number of piperazine rings is 1. The minimum absolute atomic E-state index is 0.136. The van der Waals surface area contributed by atoms with Gasteiger partial charge in [0.2, 0.25) is 0 Å². The Balaban J connectivity index is 1.20. The third kappa shape index (κ3) is 4.67. The molecule has 2 aromatic carbocycles. The molecule has 0 radical (unpaired) electrons. The summed E-state index contributed by atoms with van der Waals surface area (Å²) in [5, 5.41) is 0. The molecular weight excluding hydrogens is 458 g/mol. The van der Waals surface area contributed by atoms with Crippen LogP contribution in [0, 0.1) is 0 Å². The zero-order valence-electron chi connectivity index (χ0n) is 21.9. The van der Waals surface area contributed by atoms with Crippen LogP contribution in [-0.2, 0) is 12.0 Å². The Hall–Kier alpha value is -3.84. The lowest BCUT2D eigenvalue weighted by atomic mass is 9.87. The van der Waals surface area contributed by atoms with Crippen molar-refractivity contribution in [3.05, 3.63) is 78.2 Å². The molecule has 4 heterocycles. The number of hydrogen-bond donors (Lipinski definition) is 1. The topological polar surface area (TPSA) is 73.8 Å². The van der Waals surface area contributed by atoms with Gasteiger partial charge in [-0.1, -0.05) is 51.1 Å². The monoisotopic (exact) mass is 491 g/mol. The van der Waals surface area contributed by atoms with E-state index in [4.69, 9.17) is 9.97 Å². The number of nitrogens with one attached hydrogen (secondary N) is 1. The average Bonchev–Trinajstić information content (AvgIpc) is 3.34. The van der Waals surface area contributed by atoms with Gasteiger partial charge in [-0.2, -0.15) is 0 Å². The van der Waals surface area contributed by atoms with E-state index in [0.717, 1.165) is 59.8 Å². The van der Waals surface area contributed by atoms with Crippen LogP contribution in [0.3, 0.4) is 0 Å². The molecule has 188 valence electrons. The lowest BCUT2D eigenvalue weighted by Gasteiger charge is -2.40. The van der Waals surface area contributed by atoms with E-state index in [0.29, 0.717) is 11.7 Å². The van der Waals surface area contributed by atoms with Crippen LogP contribution in [0.4, 0.5) is 5.69 Å². The molecule has 0 saturated carbocycles. The normalized spacial score (nSPS) is 17.1. The first-order valence-corrected chi connectivity index (χ1v) is 13.0. The van der Waals surface area contributed by atoms with Gasteiger partial charge in [0, 0.05) is 50.2 Å². The summed E-state index contributed by atoms with van der Waals surface area (Å²) in [4.78, 5) is 27.0. The second kappa shape index (κ2) is 9.23. The first-order valence-electron chi connectivity index (χ1n) is 13.0. The van der Waals surface area contributed by atoms with Gasteiger partial charge >= 0.3 is 0 Å². The number of anilines is 1. The van der Waals surface area contributed by atoms with Gasteiger partial charge < -0.3 is 9.88 Å². The van der Waals surface area contributed by atoms with Crippen LogP contribution in [0.2, 0.25) is 0 Å². The second-order valence-electron chi connectivity index (χ2n) is 11.1. The maximum Gasteiger partial charge on any atom is 0.178 e. The van der Waals surface area contributed by atoms with Crippen molar-refractivity contribution < 1.29 is 0 Å². The summed E-state index contributed by atoms with van der Waals surface area (Å²) in [5.41, 5.74) is 8.45. The van der Waals surface area contributed by atoms with Gasteiger partial charge in [0.25, 0.3) is 0 Å². The van der Waals surface area contributed by atoms with Crippen LogP contribution >= 0.6 is 0 Å². The number of aromatic amines is 1. The van der Waals surface area contributed by atoms with Gasteiger partial charge in [-0.15, -0.1) is 0 Å². The number of hydrogen-bond acceptors (Lipinski definition) is 6. The van der Waals surface area contributed by atoms with Crippen LogP contribution in [0.5, 0.6) is 0 Å². The number of imidazole rings is 1. The maximum absolute atomic E-state index is 5.06. The molecule has 0 spiro atoms. The van der Waals surface area contributed by atoms with E-state index in [1.54, 1.807) is 12.4 Å². The quantitative estimate of drug-likeness (QED) is 0.354. The Morgan fingerprint density at radius 2 is 1.73 bits per heavy atom. The lowest BCUT2D eigenvalue weighted by molar-refractivity contribution is 0.179. The molecular formula is C30H33N7. The summed E-state index contributed by atoms with van der Waals surface area (Å²) in [6.07, 6.45) is 3.40. The standard InChI is InChI=1S/C30H33N7/c1-20-18-37(17-16-36(20)19-23-12-13-25-29(33-23)32-15-14-31-25)26-7-5-6-24-27(26)35-28(34-24)21-8-10-22(11-9-21)30(2,3)4/h5-15,20H,16-19H2,1-4H3,(H,34,35)/t20-/m0/s1. The van der Waals surface area contributed by atoms with Gasteiger partial charge in [0.1, 0.15) is 16.9 Å². The van der Waals surface area contributed by atoms with Crippen molar-refractivity contribution in [3.63, 3.8) is 0 Å². The number of nitrogens with zero attached hydrogens (tertiary/aromatic N) is 6. The molecule has 7 heteroatoms. The molecule has 1 atom stereocenters. The molecule has 37 heavy (non-hydrogen) atoms. The second-order valence-corrected chi connectivity index (χ2v) is 11.1. The molecule has 1 aliphatic rings. The molecule has 3 aromatic heterocycles. The predicted molar refractivity (Wildman–Crippen MR) is 150 cm³/mol. The van der Waals surface area contributed by atoms with Gasteiger partial charge in [-0.05, 0) is 42.2 Å². The van der Waals surface area contributed by atoms with Crippen LogP contribution in [0.15, 0.2) is 67.0 Å². The minimum Gasteiger partial charge on any atom is -0.367 e. The average molecular weight is 492 g/mol. The molecule has 1 saturated heterocycles. The fourth-order valence-electron chi connectivity index (χ4n) is 5.18. The number of pyridine rings is 1. The van der Waals surface area contributed by atoms with E-state index in [9.17, 15) is 0 Å². The number of rotatable bonds is 4. The Morgan fingerprint density at radius 1 is 0.919 bits per heavy atom. The van der Waals surface area contributed by atoms with Crippen molar-refractivity contribution in [3.8, 4) is 11.4 Å². The smallest absolute Gasteiger partial charge is 0.178 e. The highest BCUT2D eigenvalue weighted by molar-refractivity contribution is 5.91. The maximum atomic E-state index is 5.06. The van der Waals surface area contributed by atoms with Gasteiger partial charge in [-0.25, -0.2) is 15.0 Å². The minimum atomic E-state index is 0.136. The van der Waals surface area contributed by atoms with Crippen LogP contribution in [-0.4, -0.2) is 55.5 Å². The summed E-state index contributed by atoms with van der Waals surface area (Å²) in [6.45, 7) is 12.7. The Bertz CT molecular complexity index is 1550. The third-order valence-electron chi connectivity index (χ3n) is 7.38. The van der Waals surface area contributed by atoms with Crippen molar-refractivity contribution in [2.24, 2.45) is 0 Å². The zero-order valence-corrected chi connectivity index (χ0v) is 21.9. The van der Waals surface area contributed by atoms with E-state index in [-0.39, 0.29) is 5.41 Å². The number of H-pyrrole nitrogens is 1. The van der Waals surface area contributed by atoms with Crippen LogP contribution in [0.1, 0.15) is 39.0 Å². The SMILES string of the molecule is C[C@H]1CN(c2cccc3[nH]c(-c4ccc(C(C)(C)C)cc4)nc23)CCN1Cc1ccc2nccnc2n1. The first-order chi connectivity index (χ1) is 17.8. The van der Waals surface area contributed by atoms with Crippen molar-refractivity contribution in [2.75, 3.05) is 24.5 Å². The molecule has 5 aromatic rings. The van der Waals surface area contributed by atoms with Crippen molar-refractivity contribution in [1.29, 1.82) is 0 Å².